The molecule has 1 unspecified atom stereocenters. The minimum absolute atomic E-state index is 0.0686. The summed E-state index contributed by atoms with van der Waals surface area (Å²) in [5.41, 5.74) is 1.49. The number of hydrogen-bond acceptors (Lipinski definition) is 7. The second kappa shape index (κ2) is 13.2. The molecule has 1 aliphatic rings. The molecule has 2 heterocycles. The Bertz CT molecular complexity index is 1600. The van der Waals surface area contributed by atoms with Crippen molar-refractivity contribution in [1.29, 1.82) is 0 Å². The Balaban J connectivity index is 1.53. The van der Waals surface area contributed by atoms with Crippen molar-refractivity contribution >= 4 is 21.7 Å². The molecule has 0 aliphatic carbocycles. The predicted octanol–water partition coefficient (Wildman–Crippen LogP) is 6.21. The Morgan fingerprint density at radius 1 is 0.837 bits per heavy atom. The van der Waals surface area contributed by atoms with Crippen LogP contribution in [0.15, 0.2) is 126 Å². The number of benzene rings is 3. The van der Waals surface area contributed by atoms with Crippen LogP contribution in [0.4, 0.5) is 5.69 Å². The first-order valence-corrected chi connectivity index (χ1v) is 15.9. The Morgan fingerprint density at radius 2 is 1.35 bits per heavy atom. The van der Waals surface area contributed by atoms with Crippen LogP contribution in [0, 0.1) is 0 Å². The summed E-state index contributed by atoms with van der Waals surface area (Å²) in [6.07, 6.45) is 5.28. The molecule has 0 amide bonds. The highest BCUT2D eigenvalue weighted by molar-refractivity contribution is 7.92. The van der Waals surface area contributed by atoms with Gasteiger partial charge in [0.2, 0.25) is 0 Å². The molecule has 0 saturated heterocycles. The topological polar surface area (TPSA) is 110 Å². The fourth-order valence-electron chi connectivity index (χ4n) is 5.63. The van der Waals surface area contributed by atoms with Crippen LogP contribution in [0.5, 0.6) is 0 Å². The molecular weight excluding hydrogens is 562 g/mol. The number of nitrogens with zero attached hydrogens (tertiary/aromatic N) is 3. The van der Waals surface area contributed by atoms with Gasteiger partial charge in [-0.15, -0.1) is 0 Å². The van der Waals surface area contributed by atoms with Crippen LogP contribution in [0.1, 0.15) is 43.7 Å². The number of aliphatic hydroxyl groups is 1. The van der Waals surface area contributed by atoms with Gasteiger partial charge in [0.25, 0.3) is 5.16 Å². The third kappa shape index (κ3) is 6.78. The molecular formula is C34H35N3O5S. The fraction of sp³-hybridized carbons (Fsp3) is 0.265. The number of sulfonamides is 1. The van der Waals surface area contributed by atoms with E-state index in [4.69, 9.17) is 4.74 Å². The molecule has 4 aromatic rings. The number of aromatic nitrogens is 2. The van der Waals surface area contributed by atoms with E-state index >= 15 is 0 Å². The summed E-state index contributed by atoms with van der Waals surface area (Å²) in [5.74, 6) is -0.879. The molecule has 1 N–H and O–H groups in total. The molecule has 8 nitrogen and oxygen atoms in total. The van der Waals surface area contributed by atoms with E-state index in [0.29, 0.717) is 31.4 Å². The van der Waals surface area contributed by atoms with Crippen LogP contribution in [0.25, 0.3) is 0 Å². The van der Waals surface area contributed by atoms with E-state index in [1.54, 1.807) is 37.3 Å². The smallest absolute Gasteiger partial charge is 0.340 e. The minimum Gasteiger partial charge on any atom is -0.512 e. The van der Waals surface area contributed by atoms with E-state index < -0.39 is 32.8 Å². The number of cyclic esters (lactones) is 1. The van der Waals surface area contributed by atoms with Gasteiger partial charge in [-0.05, 0) is 61.4 Å². The molecule has 1 aliphatic heterocycles. The van der Waals surface area contributed by atoms with Crippen LogP contribution in [0.3, 0.4) is 0 Å². The molecule has 222 valence electrons. The summed E-state index contributed by atoms with van der Waals surface area (Å²) in [7, 11) is -4.32. The number of anilines is 1. The number of aliphatic hydroxyl groups excluding tert-OH is 1. The highest BCUT2D eigenvalue weighted by Crippen LogP contribution is 2.40. The summed E-state index contributed by atoms with van der Waals surface area (Å²) in [6.45, 7) is 1.77. The average molecular weight is 598 g/mol. The van der Waals surface area contributed by atoms with Crippen molar-refractivity contribution in [2.45, 2.75) is 62.2 Å². The van der Waals surface area contributed by atoms with E-state index in [0.717, 1.165) is 15.4 Å². The zero-order chi connectivity index (χ0) is 30.3. The van der Waals surface area contributed by atoms with Gasteiger partial charge in [0.15, 0.2) is 0 Å². The van der Waals surface area contributed by atoms with E-state index in [-0.39, 0.29) is 24.2 Å². The molecule has 9 heteroatoms. The Morgan fingerprint density at radius 3 is 1.84 bits per heavy atom. The number of esters is 1. The first-order chi connectivity index (χ1) is 20.8. The lowest BCUT2D eigenvalue weighted by Crippen LogP contribution is -2.49. The standard InChI is InChI=1S/C34H35N3O5S/c1-2-29(37(28-17-10-5-11-18-28)43(40,41)33-35-23-12-24-36-33)31-30(38)25-34(42-32(31)39,21-19-26-13-6-3-7-14-26)22-20-27-15-8-4-9-16-27/h3-18,23-24,29,38H,2,19-22,25H2,1H3. The lowest BCUT2D eigenvalue weighted by Gasteiger charge is -2.40. The normalized spacial score (nSPS) is 15.5. The molecule has 0 radical (unpaired) electrons. The van der Waals surface area contributed by atoms with Crippen molar-refractivity contribution in [2.24, 2.45) is 0 Å². The maximum atomic E-state index is 14.0. The quantitative estimate of drug-likeness (QED) is 0.153. The minimum atomic E-state index is -4.32. The summed E-state index contributed by atoms with van der Waals surface area (Å²) < 4.78 is 35.4. The number of ether oxygens (including phenoxy) is 1. The molecule has 5 rings (SSSR count). The van der Waals surface area contributed by atoms with Crippen LogP contribution < -0.4 is 4.31 Å². The molecule has 0 fully saturated rings. The fourth-order valence-corrected chi connectivity index (χ4v) is 7.18. The first-order valence-electron chi connectivity index (χ1n) is 14.4. The Kier molecular flexibility index (Phi) is 9.21. The summed E-state index contributed by atoms with van der Waals surface area (Å²) in [4.78, 5) is 21.9. The van der Waals surface area contributed by atoms with Crippen molar-refractivity contribution in [3.63, 3.8) is 0 Å². The lowest BCUT2D eigenvalue weighted by molar-refractivity contribution is -0.161. The number of hydrogen-bond donors (Lipinski definition) is 1. The first kappa shape index (κ1) is 30.0. The second-order valence-corrected chi connectivity index (χ2v) is 12.4. The zero-order valence-electron chi connectivity index (χ0n) is 24.0. The Labute approximate surface area is 252 Å². The predicted molar refractivity (Wildman–Crippen MR) is 165 cm³/mol. The van der Waals surface area contributed by atoms with Gasteiger partial charge < -0.3 is 9.84 Å². The molecule has 3 aromatic carbocycles. The maximum absolute atomic E-state index is 14.0. The second-order valence-electron chi connectivity index (χ2n) is 10.7. The SMILES string of the molecule is CCC(C1=C(O)CC(CCc2ccccc2)(CCc2ccccc2)OC1=O)N(c1ccccc1)S(=O)(=O)c1ncccn1. The van der Waals surface area contributed by atoms with Gasteiger partial charge in [0, 0.05) is 18.8 Å². The third-order valence-corrected chi connectivity index (χ3v) is 9.45. The van der Waals surface area contributed by atoms with E-state index in [2.05, 4.69) is 9.97 Å². The number of carbonyl (C=O) groups is 1. The van der Waals surface area contributed by atoms with E-state index in [1.165, 1.54) is 18.5 Å². The highest BCUT2D eigenvalue weighted by atomic mass is 32.2. The molecule has 0 bridgehead atoms. The highest BCUT2D eigenvalue weighted by Gasteiger charge is 2.46. The number of carbonyl (C=O) groups excluding carboxylic acids is 1. The molecule has 1 aromatic heterocycles. The molecule has 43 heavy (non-hydrogen) atoms. The third-order valence-electron chi connectivity index (χ3n) is 7.80. The average Bonchev–Trinajstić information content (AvgIpc) is 3.04. The molecule has 1 atom stereocenters. The summed E-state index contributed by atoms with van der Waals surface area (Å²) in [6, 6.07) is 28.8. The molecule has 0 spiro atoms. The van der Waals surface area contributed by atoms with Gasteiger partial charge in [-0.2, -0.15) is 8.42 Å². The summed E-state index contributed by atoms with van der Waals surface area (Å²) in [5, 5.41) is 11.2. The van der Waals surface area contributed by atoms with Crippen molar-refractivity contribution < 1.29 is 23.1 Å². The van der Waals surface area contributed by atoms with Gasteiger partial charge in [-0.3, -0.25) is 4.31 Å². The Hall–Kier alpha value is -4.50. The zero-order valence-corrected chi connectivity index (χ0v) is 24.9. The van der Waals surface area contributed by atoms with Crippen LogP contribution in [0.2, 0.25) is 0 Å². The number of rotatable bonds is 12. The van der Waals surface area contributed by atoms with Crippen LogP contribution in [-0.2, 0) is 32.4 Å². The number of para-hydroxylation sites is 1. The monoisotopic (exact) mass is 597 g/mol. The van der Waals surface area contributed by atoms with Gasteiger partial charge in [-0.1, -0.05) is 85.8 Å². The van der Waals surface area contributed by atoms with E-state index in [9.17, 15) is 18.3 Å². The van der Waals surface area contributed by atoms with Crippen molar-refractivity contribution in [3.05, 3.63) is 132 Å². The summed E-state index contributed by atoms with van der Waals surface area (Å²) >= 11 is 0. The van der Waals surface area contributed by atoms with Crippen molar-refractivity contribution in [1.82, 2.24) is 9.97 Å². The van der Waals surface area contributed by atoms with Gasteiger partial charge in [0.1, 0.15) is 11.4 Å². The van der Waals surface area contributed by atoms with Crippen LogP contribution in [-0.4, -0.2) is 41.1 Å². The van der Waals surface area contributed by atoms with Gasteiger partial charge in [0.05, 0.1) is 17.3 Å². The van der Waals surface area contributed by atoms with Crippen molar-refractivity contribution in [3.8, 4) is 0 Å². The van der Waals surface area contributed by atoms with E-state index in [1.807, 2.05) is 60.7 Å². The molecule has 0 saturated carbocycles. The van der Waals surface area contributed by atoms with Crippen LogP contribution >= 0.6 is 0 Å². The van der Waals surface area contributed by atoms with Gasteiger partial charge in [-0.25, -0.2) is 14.8 Å². The largest absolute Gasteiger partial charge is 0.512 e. The maximum Gasteiger partial charge on any atom is 0.340 e. The van der Waals surface area contributed by atoms with Gasteiger partial charge >= 0.3 is 16.0 Å². The van der Waals surface area contributed by atoms with Crippen molar-refractivity contribution in [2.75, 3.05) is 4.31 Å². The lowest BCUT2D eigenvalue weighted by atomic mass is 9.81. The number of aryl methyl sites for hydroxylation is 2.